The molecule has 1 amide bonds. The summed E-state index contributed by atoms with van der Waals surface area (Å²) in [7, 11) is 1.93. The van der Waals surface area contributed by atoms with Gasteiger partial charge in [0.25, 0.3) is 0 Å². The second kappa shape index (κ2) is 11.8. The standard InChI is InChI=1S/C13H27N3O.2ClH/c1-4-15(5-2)12-8-10-16(11-12)13(17)7-6-9-14-3;;/h12,14H,4-11H2,1-3H3;2*1H. The molecule has 1 rings (SSSR count). The van der Waals surface area contributed by atoms with E-state index in [1.54, 1.807) is 0 Å². The van der Waals surface area contributed by atoms with Crippen LogP contribution in [0.4, 0.5) is 0 Å². The Balaban J connectivity index is 0. The number of nitrogens with one attached hydrogen (secondary N) is 1. The van der Waals surface area contributed by atoms with Gasteiger partial charge in [-0.2, -0.15) is 0 Å². The number of carbonyl (C=O) groups is 1. The van der Waals surface area contributed by atoms with Crippen molar-refractivity contribution in [1.82, 2.24) is 15.1 Å². The van der Waals surface area contributed by atoms with Crippen LogP contribution in [-0.4, -0.2) is 61.5 Å². The Morgan fingerprint density at radius 1 is 1.32 bits per heavy atom. The lowest BCUT2D eigenvalue weighted by Crippen LogP contribution is -2.38. The lowest BCUT2D eigenvalue weighted by molar-refractivity contribution is -0.130. The van der Waals surface area contributed by atoms with Gasteiger partial charge in [-0.3, -0.25) is 9.69 Å². The lowest BCUT2D eigenvalue weighted by atomic mass is 10.2. The van der Waals surface area contributed by atoms with Gasteiger partial charge in [-0.15, -0.1) is 24.8 Å². The van der Waals surface area contributed by atoms with Gasteiger partial charge in [0.05, 0.1) is 0 Å². The van der Waals surface area contributed by atoms with Crippen molar-refractivity contribution in [1.29, 1.82) is 0 Å². The molecule has 0 spiro atoms. The predicted octanol–water partition coefficient (Wildman–Crippen LogP) is 1.77. The van der Waals surface area contributed by atoms with Crippen molar-refractivity contribution in [3.8, 4) is 0 Å². The van der Waals surface area contributed by atoms with Gasteiger partial charge < -0.3 is 10.2 Å². The summed E-state index contributed by atoms with van der Waals surface area (Å²) < 4.78 is 0. The molecule has 1 unspecified atom stereocenters. The van der Waals surface area contributed by atoms with Gasteiger partial charge in [0.15, 0.2) is 0 Å². The van der Waals surface area contributed by atoms with E-state index in [-0.39, 0.29) is 24.8 Å². The monoisotopic (exact) mass is 313 g/mol. The Kier molecular flexibility index (Phi) is 13.2. The molecule has 1 aliphatic rings. The van der Waals surface area contributed by atoms with Crippen molar-refractivity contribution in [3.05, 3.63) is 0 Å². The zero-order valence-electron chi connectivity index (χ0n) is 12.4. The average Bonchev–Trinajstić information content (AvgIpc) is 2.80. The van der Waals surface area contributed by atoms with Gasteiger partial charge in [-0.1, -0.05) is 13.8 Å². The molecule has 0 aliphatic carbocycles. The summed E-state index contributed by atoms with van der Waals surface area (Å²) in [6, 6.07) is 0.582. The molecular formula is C13H29Cl2N3O. The van der Waals surface area contributed by atoms with Gasteiger partial charge in [0.2, 0.25) is 5.91 Å². The van der Waals surface area contributed by atoms with Gasteiger partial charge in [0, 0.05) is 25.6 Å². The van der Waals surface area contributed by atoms with Crippen LogP contribution in [0.3, 0.4) is 0 Å². The third-order valence-electron chi connectivity index (χ3n) is 3.66. The number of amides is 1. The summed E-state index contributed by atoms with van der Waals surface area (Å²) in [5.74, 6) is 0.329. The Labute approximate surface area is 130 Å². The fraction of sp³-hybridized carbons (Fsp3) is 0.923. The van der Waals surface area contributed by atoms with Crippen molar-refractivity contribution in [2.75, 3.05) is 39.8 Å². The zero-order chi connectivity index (χ0) is 12.7. The summed E-state index contributed by atoms with van der Waals surface area (Å²) in [4.78, 5) is 16.4. The van der Waals surface area contributed by atoms with E-state index in [0.29, 0.717) is 18.4 Å². The van der Waals surface area contributed by atoms with E-state index in [1.807, 2.05) is 11.9 Å². The minimum Gasteiger partial charge on any atom is -0.341 e. The van der Waals surface area contributed by atoms with Crippen LogP contribution in [0.5, 0.6) is 0 Å². The van der Waals surface area contributed by atoms with E-state index < -0.39 is 0 Å². The lowest BCUT2D eigenvalue weighted by Gasteiger charge is -2.26. The third-order valence-corrected chi connectivity index (χ3v) is 3.66. The van der Waals surface area contributed by atoms with Gasteiger partial charge in [-0.25, -0.2) is 0 Å². The maximum Gasteiger partial charge on any atom is 0.222 e. The summed E-state index contributed by atoms with van der Waals surface area (Å²) in [5, 5.41) is 3.08. The van der Waals surface area contributed by atoms with E-state index in [1.165, 1.54) is 0 Å². The Morgan fingerprint density at radius 3 is 2.47 bits per heavy atom. The maximum atomic E-state index is 11.9. The largest absolute Gasteiger partial charge is 0.341 e. The van der Waals surface area contributed by atoms with Crippen LogP contribution in [0.15, 0.2) is 0 Å². The van der Waals surface area contributed by atoms with Crippen molar-refractivity contribution in [2.45, 2.75) is 39.2 Å². The highest BCUT2D eigenvalue weighted by Gasteiger charge is 2.28. The molecule has 0 saturated carbocycles. The highest BCUT2D eigenvalue weighted by Crippen LogP contribution is 2.16. The van der Waals surface area contributed by atoms with Crippen molar-refractivity contribution >= 4 is 30.7 Å². The molecule has 116 valence electrons. The topological polar surface area (TPSA) is 35.6 Å². The fourth-order valence-electron chi connectivity index (χ4n) is 2.58. The van der Waals surface area contributed by atoms with Crippen molar-refractivity contribution in [2.24, 2.45) is 0 Å². The maximum absolute atomic E-state index is 11.9. The second-order valence-electron chi connectivity index (χ2n) is 4.71. The number of rotatable bonds is 7. The van der Waals surface area contributed by atoms with Crippen LogP contribution in [0, 0.1) is 0 Å². The predicted molar refractivity (Wildman–Crippen MR) is 85.6 cm³/mol. The van der Waals surface area contributed by atoms with E-state index in [0.717, 1.165) is 45.6 Å². The number of hydrogen-bond acceptors (Lipinski definition) is 3. The quantitative estimate of drug-likeness (QED) is 0.728. The molecule has 0 aromatic heterocycles. The number of hydrogen-bond donors (Lipinski definition) is 1. The molecule has 6 heteroatoms. The zero-order valence-corrected chi connectivity index (χ0v) is 14.0. The van der Waals surface area contributed by atoms with E-state index in [4.69, 9.17) is 0 Å². The summed E-state index contributed by atoms with van der Waals surface area (Å²) in [5.41, 5.74) is 0. The first-order chi connectivity index (χ1) is 8.22. The number of nitrogens with zero attached hydrogens (tertiary/aromatic N) is 2. The smallest absolute Gasteiger partial charge is 0.222 e. The SMILES string of the molecule is CCN(CC)C1CCN(C(=O)CCCNC)C1.Cl.Cl. The van der Waals surface area contributed by atoms with Gasteiger partial charge >= 0.3 is 0 Å². The molecule has 0 radical (unpaired) electrons. The first kappa shape index (κ1) is 21.3. The number of carbonyl (C=O) groups excluding carboxylic acids is 1. The summed E-state index contributed by atoms with van der Waals surface area (Å²) >= 11 is 0. The molecule has 1 heterocycles. The third kappa shape index (κ3) is 6.80. The Hall–Kier alpha value is -0.0300. The van der Waals surface area contributed by atoms with E-state index in [2.05, 4.69) is 24.1 Å². The van der Waals surface area contributed by atoms with Gasteiger partial charge in [0.1, 0.15) is 0 Å². The summed E-state index contributed by atoms with van der Waals surface area (Å²) in [6.45, 7) is 9.37. The minimum atomic E-state index is 0. The molecule has 1 fully saturated rings. The Morgan fingerprint density at radius 2 is 1.95 bits per heavy atom. The van der Waals surface area contributed by atoms with Crippen molar-refractivity contribution < 1.29 is 4.79 Å². The molecule has 1 saturated heterocycles. The second-order valence-corrected chi connectivity index (χ2v) is 4.71. The molecule has 1 atom stereocenters. The number of likely N-dealkylation sites (tertiary alicyclic amines) is 1. The molecular weight excluding hydrogens is 285 g/mol. The van der Waals surface area contributed by atoms with E-state index >= 15 is 0 Å². The first-order valence-electron chi connectivity index (χ1n) is 6.89. The average molecular weight is 314 g/mol. The Bertz CT molecular complexity index is 238. The fourth-order valence-corrected chi connectivity index (χ4v) is 2.58. The molecule has 1 aliphatic heterocycles. The molecule has 1 N–H and O–H groups in total. The van der Waals surface area contributed by atoms with E-state index in [9.17, 15) is 4.79 Å². The van der Waals surface area contributed by atoms with Crippen LogP contribution in [0.25, 0.3) is 0 Å². The molecule has 0 bridgehead atoms. The van der Waals surface area contributed by atoms with Crippen LogP contribution >= 0.6 is 24.8 Å². The van der Waals surface area contributed by atoms with Crippen LogP contribution in [0.1, 0.15) is 33.1 Å². The molecule has 0 aromatic carbocycles. The van der Waals surface area contributed by atoms with Crippen LogP contribution in [0.2, 0.25) is 0 Å². The minimum absolute atomic E-state index is 0. The highest BCUT2D eigenvalue weighted by molar-refractivity contribution is 5.85. The molecule has 0 aromatic rings. The number of likely N-dealkylation sites (N-methyl/N-ethyl adjacent to an activating group) is 1. The van der Waals surface area contributed by atoms with Gasteiger partial charge in [-0.05, 0) is 39.5 Å². The first-order valence-corrected chi connectivity index (χ1v) is 6.89. The normalized spacial score (nSPS) is 18.1. The summed E-state index contributed by atoms with van der Waals surface area (Å²) in [6.07, 6.45) is 2.77. The van der Waals surface area contributed by atoms with Crippen LogP contribution in [-0.2, 0) is 4.79 Å². The van der Waals surface area contributed by atoms with Crippen LogP contribution < -0.4 is 5.32 Å². The van der Waals surface area contributed by atoms with Crippen molar-refractivity contribution in [3.63, 3.8) is 0 Å². The highest BCUT2D eigenvalue weighted by atomic mass is 35.5. The number of halogens is 2. The molecule has 4 nitrogen and oxygen atoms in total. The molecule has 19 heavy (non-hydrogen) atoms.